The lowest BCUT2D eigenvalue weighted by Gasteiger charge is -2.19. The molecule has 0 bridgehead atoms. The zero-order valence-corrected chi connectivity index (χ0v) is 16.3. The lowest BCUT2D eigenvalue weighted by Crippen LogP contribution is -2.32. The molecule has 1 aromatic carbocycles. The number of benzene rings is 1. The van der Waals surface area contributed by atoms with Gasteiger partial charge in [-0.15, -0.1) is 11.8 Å². The Hall–Kier alpha value is -2.48. The lowest BCUT2D eigenvalue weighted by molar-refractivity contribution is 0.0522. The Balaban J connectivity index is 2.23. The molecule has 0 saturated carbocycles. The Kier molecular flexibility index (Phi) is 6.31. The second-order valence-electron chi connectivity index (χ2n) is 6.53. The number of aromatic nitrogens is 2. The highest BCUT2D eigenvalue weighted by Crippen LogP contribution is 2.32. The Labute approximate surface area is 156 Å². The predicted molar refractivity (Wildman–Crippen MR) is 100 cm³/mol. The van der Waals surface area contributed by atoms with E-state index >= 15 is 0 Å². The van der Waals surface area contributed by atoms with E-state index in [1.54, 1.807) is 0 Å². The highest BCUT2D eigenvalue weighted by atomic mass is 32.2. The fraction of sp³-hybridized carbons (Fsp3) is 0.389. The summed E-state index contributed by atoms with van der Waals surface area (Å²) >= 11 is 1.43. The molecule has 0 radical (unpaired) electrons. The summed E-state index contributed by atoms with van der Waals surface area (Å²) in [7, 11) is 1.33. The van der Waals surface area contributed by atoms with E-state index < -0.39 is 17.7 Å². The van der Waals surface area contributed by atoms with E-state index in [0.717, 1.165) is 11.1 Å². The van der Waals surface area contributed by atoms with Crippen molar-refractivity contribution in [3.63, 3.8) is 0 Å². The molecule has 0 aliphatic carbocycles. The number of nitrogens with zero attached hydrogens (tertiary/aromatic N) is 1. The van der Waals surface area contributed by atoms with Gasteiger partial charge in [0.05, 0.1) is 7.11 Å². The number of esters is 1. The molecule has 0 atom stereocenters. The third-order valence-electron chi connectivity index (χ3n) is 3.37. The van der Waals surface area contributed by atoms with E-state index in [2.05, 4.69) is 15.5 Å². The minimum Gasteiger partial charge on any atom is -0.464 e. The van der Waals surface area contributed by atoms with Crippen LogP contribution in [0.15, 0.2) is 29.3 Å². The summed E-state index contributed by atoms with van der Waals surface area (Å²) in [6, 6.07) is 7.53. The molecule has 1 amide bonds. The molecule has 0 aliphatic heterocycles. The number of carbonyl (C=O) groups excluding carboxylic acids is 2. The molecule has 7 nitrogen and oxygen atoms in total. The van der Waals surface area contributed by atoms with Gasteiger partial charge in [-0.1, -0.05) is 18.2 Å². The average Bonchev–Trinajstić information content (AvgIpc) is 3.02. The summed E-state index contributed by atoms with van der Waals surface area (Å²) in [6.45, 7) is 5.74. The molecule has 1 aromatic heterocycles. The zero-order chi connectivity index (χ0) is 19.3. The minimum atomic E-state index is -0.550. The molecular formula is C18H23N3O4S. The Bertz CT molecular complexity index is 796. The quantitative estimate of drug-likeness (QED) is 0.611. The number of thioether (sulfide) groups is 1. The second kappa shape index (κ2) is 8.27. The van der Waals surface area contributed by atoms with Crippen LogP contribution < -0.4 is 5.32 Å². The van der Waals surface area contributed by atoms with Crippen molar-refractivity contribution in [1.29, 1.82) is 0 Å². The molecule has 0 fully saturated rings. The van der Waals surface area contributed by atoms with Crippen LogP contribution in [0.1, 0.15) is 36.8 Å². The number of methoxy groups -OCH3 is 1. The summed E-state index contributed by atoms with van der Waals surface area (Å²) in [4.78, 5) is 23.8. The van der Waals surface area contributed by atoms with Crippen molar-refractivity contribution < 1.29 is 19.1 Å². The average molecular weight is 377 g/mol. The molecule has 2 aromatic rings. The Morgan fingerprint density at radius 2 is 2.04 bits per heavy atom. The monoisotopic (exact) mass is 377 g/mol. The molecule has 2 N–H and O–H groups in total. The first-order valence-corrected chi connectivity index (χ1v) is 9.24. The van der Waals surface area contributed by atoms with Crippen LogP contribution in [0, 0.1) is 0 Å². The highest BCUT2D eigenvalue weighted by molar-refractivity contribution is 7.98. The summed E-state index contributed by atoms with van der Waals surface area (Å²) in [5.74, 6) is -0.481. The number of H-pyrrole nitrogens is 1. The molecule has 0 unspecified atom stereocenters. The number of alkyl carbamates (subject to hydrolysis) is 1. The van der Waals surface area contributed by atoms with Gasteiger partial charge < -0.3 is 14.8 Å². The molecule has 0 aliphatic rings. The van der Waals surface area contributed by atoms with Crippen LogP contribution in [-0.2, 0) is 16.0 Å². The number of hydrogen-bond acceptors (Lipinski definition) is 6. The number of ether oxygens (including phenoxy) is 2. The first kappa shape index (κ1) is 19.8. The van der Waals surface area contributed by atoms with E-state index in [4.69, 9.17) is 9.47 Å². The minimum absolute atomic E-state index is 0.300. The summed E-state index contributed by atoms with van der Waals surface area (Å²) in [5.41, 5.74) is 2.12. The van der Waals surface area contributed by atoms with Gasteiger partial charge in [0, 0.05) is 12.1 Å². The van der Waals surface area contributed by atoms with Crippen molar-refractivity contribution in [1.82, 2.24) is 15.5 Å². The van der Waals surface area contributed by atoms with Gasteiger partial charge in [0.2, 0.25) is 0 Å². The topological polar surface area (TPSA) is 93.3 Å². The second-order valence-corrected chi connectivity index (χ2v) is 7.33. The fourth-order valence-corrected chi connectivity index (χ4v) is 2.88. The Morgan fingerprint density at radius 1 is 1.31 bits per heavy atom. The van der Waals surface area contributed by atoms with Gasteiger partial charge in [0.1, 0.15) is 10.6 Å². The van der Waals surface area contributed by atoms with Gasteiger partial charge in [0.25, 0.3) is 0 Å². The summed E-state index contributed by atoms with van der Waals surface area (Å²) < 4.78 is 10.1. The third-order valence-corrected chi connectivity index (χ3v) is 4.05. The van der Waals surface area contributed by atoms with Crippen molar-refractivity contribution >= 4 is 23.8 Å². The molecule has 8 heteroatoms. The van der Waals surface area contributed by atoms with Gasteiger partial charge >= 0.3 is 12.1 Å². The summed E-state index contributed by atoms with van der Waals surface area (Å²) in [6.07, 6.45) is 1.40. The smallest absolute Gasteiger partial charge is 0.407 e. The number of rotatable bonds is 5. The standard InChI is InChI=1S/C18H23N3O4S/c1-18(2,3)25-17(23)19-10-11-7-6-8-12(9-11)13-14(16(22)24-4)20-21-15(13)26-5/h6-9H,10H2,1-5H3,(H,19,23)(H,20,21). The molecule has 0 saturated heterocycles. The van der Waals surface area contributed by atoms with Crippen LogP contribution in [0.2, 0.25) is 0 Å². The van der Waals surface area contributed by atoms with Crippen LogP contribution in [0.5, 0.6) is 0 Å². The highest BCUT2D eigenvalue weighted by Gasteiger charge is 2.21. The molecular weight excluding hydrogens is 354 g/mol. The van der Waals surface area contributed by atoms with Crippen molar-refractivity contribution in [2.75, 3.05) is 13.4 Å². The Morgan fingerprint density at radius 3 is 2.65 bits per heavy atom. The first-order valence-electron chi connectivity index (χ1n) is 8.02. The van der Waals surface area contributed by atoms with Gasteiger partial charge in [-0.25, -0.2) is 9.59 Å². The largest absolute Gasteiger partial charge is 0.464 e. The van der Waals surface area contributed by atoms with E-state index in [9.17, 15) is 9.59 Å². The molecule has 1 heterocycles. The van der Waals surface area contributed by atoms with Gasteiger partial charge in [0.15, 0.2) is 5.69 Å². The zero-order valence-electron chi connectivity index (χ0n) is 15.5. The maximum atomic E-state index is 12.0. The fourth-order valence-electron chi connectivity index (χ4n) is 2.32. The summed E-state index contributed by atoms with van der Waals surface area (Å²) in [5, 5.41) is 10.3. The van der Waals surface area contributed by atoms with Crippen molar-refractivity contribution in [2.24, 2.45) is 0 Å². The number of nitrogens with one attached hydrogen (secondary N) is 2. The third kappa shape index (κ3) is 5.01. The molecule has 26 heavy (non-hydrogen) atoms. The van der Waals surface area contributed by atoms with E-state index in [-0.39, 0.29) is 0 Å². The number of carbonyl (C=O) groups is 2. The SMILES string of the molecule is COC(=O)c1[nH]nc(SC)c1-c1cccc(CNC(=O)OC(C)(C)C)c1. The van der Waals surface area contributed by atoms with Crippen LogP contribution in [0.25, 0.3) is 11.1 Å². The van der Waals surface area contributed by atoms with Crippen molar-refractivity contribution in [3.8, 4) is 11.1 Å². The van der Waals surface area contributed by atoms with Gasteiger partial charge in [-0.3, -0.25) is 5.10 Å². The predicted octanol–water partition coefficient (Wildman–Crippen LogP) is 3.61. The first-order chi connectivity index (χ1) is 12.2. The van der Waals surface area contributed by atoms with E-state index in [1.165, 1.54) is 18.9 Å². The van der Waals surface area contributed by atoms with E-state index in [0.29, 0.717) is 22.8 Å². The van der Waals surface area contributed by atoms with Crippen LogP contribution in [0.4, 0.5) is 4.79 Å². The molecule has 0 spiro atoms. The molecule has 140 valence electrons. The number of amides is 1. The number of aromatic amines is 1. The normalized spacial score (nSPS) is 11.1. The van der Waals surface area contributed by atoms with Crippen LogP contribution in [-0.4, -0.2) is 41.2 Å². The lowest BCUT2D eigenvalue weighted by atomic mass is 10.0. The van der Waals surface area contributed by atoms with Crippen LogP contribution in [0.3, 0.4) is 0 Å². The maximum Gasteiger partial charge on any atom is 0.407 e. The van der Waals surface area contributed by atoms with Crippen molar-refractivity contribution in [2.45, 2.75) is 37.9 Å². The maximum absolute atomic E-state index is 12.0. The molecule has 2 rings (SSSR count). The van der Waals surface area contributed by atoms with Gasteiger partial charge in [-0.2, -0.15) is 5.10 Å². The van der Waals surface area contributed by atoms with Crippen LogP contribution >= 0.6 is 11.8 Å². The van der Waals surface area contributed by atoms with Crippen molar-refractivity contribution in [3.05, 3.63) is 35.5 Å². The number of hydrogen-bond donors (Lipinski definition) is 2. The van der Waals surface area contributed by atoms with E-state index in [1.807, 2.05) is 51.3 Å². The van der Waals surface area contributed by atoms with Gasteiger partial charge in [-0.05, 0) is 44.2 Å².